The number of aliphatic carboxylic acids is 1. The van der Waals surface area contributed by atoms with Gasteiger partial charge in [-0.1, -0.05) is 12.2 Å². The number of carbonyl (C=O) groups excluding carboxylic acids is 3. The summed E-state index contributed by atoms with van der Waals surface area (Å²) >= 11 is 0. The normalized spacial score (nSPS) is 28.3. The molecule has 2 amide bonds. The fourth-order valence-corrected chi connectivity index (χ4v) is 4.66. The van der Waals surface area contributed by atoms with Gasteiger partial charge in [0.2, 0.25) is 5.91 Å². The second-order valence-corrected chi connectivity index (χ2v) is 7.81. The van der Waals surface area contributed by atoms with E-state index in [-0.39, 0.29) is 17.9 Å². The molecule has 2 bridgehead atoms. The van der Waals surface area contributed by atoms with Gasteiger partial charge in [0.1, 0.15) is 5.75 Å². The highest BCUT2D eigenvalue weighted by atomic mass is 16.5. The third-order valence-corrected chi connectivity index (χ3v) is 6.05. The molecule has 0 spiro atoms. The van der Waals surface area contributed by atoms with Gasteiger partial charge in [0, 0.05) is 17.5 Å². The number of carboxylic acid groups (broad SMARTS) is 1. The topological polar surface area (TPSA) is 108 Å². The number of rotatable bonds is 5. The van der Waals surface area contributed by atoms with Crippen LogP contribution < -0.4 is 20.7 Å². The molecule has 1 aromatic rings. The van der Waals surface area contributed by atoms with Crippen LogP contribution in [-0.2, 0) is 9.59 Å². The summed E-state index contributed by atoms with van der Waals surface area (Å²) in [7, 11) is 0. The molecule has 0 aliphatic heterocycles. The third-order valence-electron chi connectivity index (χ3n) is 6.05. The molecular weight excluding hydrogens is 360 g/mol. The van der Waals surface area contributed by atoms with Crippen molar-refractivity contribution in [1.29, 1.82) is 0 Å². The molecule has 4 rings (SSSR count). The van der Waals surface area contributed by atoms with Crippen molar-refractivity contribution in [3.05, 3.63) is 42.0 Å². The van der Waals surface area contributed by atoms with Crippen LogP contribution in [0.1, 0.15) is 42.5 Å². The van der Waals surface area contributed by atoms with Gasteiger partial charge in [-0.3, -0.25) is 20.4 Å². The van der Waals surface area contributed by atoms with Crippen LogP contribution in [0.4, 0.5) is 0 Å². The highest BCUT2D eigenvalue weighted by Crippen LogP contribution is 2.47. The fraction of sp³-hybridized carbons (Fsp3) is 0.476. The second-order valence-electron chi connectivity index (χ2n) is 7.81. The van der Waals surface area contributed by atoms with Gasteiger partial charge in [-0.05, 0) is 68.2 Å². The smallest absolute Gasteiger partial charge is 0.269 e. The largest absolute Gasteiger partial charge is 0.550 e. The molecule has 7 heteroatoms. The first-order chi connectivity index (χ1) is 13.5. The number of hydrazine groups is 1. The summed E-state index contributed by atoms with van der Waals surface area (Å²) in [5.41, 5.74) is 5.12. The Kier molecular flexibility index (Phi) is 5.07. The Labute approximate surface area is 163 Å². The number of hydrogen-bond donors (Lipinski definition) is 2. The number of amides is 2. The first-order valence-corrected chi connectivity index (χ1v) is 9.79. The van der Waals surface area contributed by atoms with Crippen LogP contribution in [-0.4, -0.2) is 23.9 Å². The lowest BCUT2D eigenvalue weighted by Gasteiger charge is -2.27. The van der Waals surface area contributed by atoms with Crippen LogP contribution in [0.3, 0.4) is 0 Å². The first kappa shape index (κ1) is 18.5. The Morgan fingerprint density at radius 3 is 2.21 bits per heavy atom. The van der Waals surface area contributed by atoms with E-state index in [0.29, 0.717) is 12.0 Å². The Hall–Kier alpha value is -2.83. The number of ether oxygens (including phenoxy) is 1. The molecule has 2 saturated carbocycles. The van der Waals surface area contributed by atoms with Crippen molar-refractivity contribution in [3.63, 3.8) is 0 Å². The van der Waals surface area contributed by atoms with Crippen LogP contribution >= 0.6 is 0 Å². The molecule has 28 heavy (non-hydrogen) atoms. The van der Waals surface area contributed by atoms with E-state index in [1.165, 1.54) is 12.8 Å². The standard InChI is InChI=1S/C21H24N2O5/c24-19(12-7-9-16(10-8-12)28-15-3-1-2-4-15)22-23-20(25)17-13-5-6-14(11-13)18(17)21(26)27/h5-10,13-15,17-18H,1-4,11H2,(H,22,24)(H,23,25)(H,26,27)/p-1/t13-,14+,17-,18+/m1/s1. The molecule has 7 nitrogen and oxygen atoms in total. The fourth-order valence-electron chi connectivity index (χ4n) is 4.66. The van der Waals surface area contributed by atoms with E-state index in [0.717, 1.165) is 18.6 Å². The molecule has 0 aromatic heterocycles. The molecule has 3 aliphatic carbocycles. The summed E-state index contributed by atoms with van der Waals surface area (Å²) in [6.45, 7) is 0. The molecule has 0 heterocycles. The number of carboxylic acids is 1. The monoisotopic (exact) mass is 383 g/mol. The van der Waals surface area contributed by atoms with Crippen LogP contribution in [0.5, 0.6) is 5.75 Å². The van der Waals surface area contributed by atoms with E-state index in [1.54, 1.807) is 24.3 Å². The Morgan fingerprint density at radius 2 is 1.57 bits per heavy atom. The van der Waals surface area contributed by atoms with E-state index in [1.807, 2.05) is 12.2 Å². The van der Waals surface area contributed by atoms with Gasteiger partial charge >= 0.3 is 0 Å². The minimum Gasteiger partial charge on any atom is -0.550 e. The molecule has 1 aromatic carbocycles. The van der Waals surface area contributed by atoms with Crippen LogP contribution in [0.15, 0.2) is 36.4 Å². The number of nitrogens with one attached hydrogen (secondary N) is 2. The van der Waals surface area contributed by atoms with E-state index < -0.39 is 29.6 Å². The number of hydrogen-bond acceptors (Lipinski definition) is 5. The summed E-state index contributed by atoms with van der Waals surface area (Å²) < 4.78 is 5.87. The number of benzene rings is 1. The van der Waals surface area contributed by atoms with Crippen molar-refractivity contribution >= 4 is 17.8 Å². The van der Waals surface area contributed by atoms with Gasteiger partial charge in [0.15, 0.2) is 0 Å². The van der Waals surface area contributed by atoms with Gasteiger partial charge in [-0.15, -0.1) is 0 Å². The predicted molar refractivity (Wildman–Crippen MR) is 97.7 cm³/mol. The number of fused-ring (bicyclic) bond motifs is 2. The van der Waals surface area contributed by atoms with Gasteiger partial charge in [-0.25, -0.2) is 0 Å². The summed E-state index contributed by atoms with van der Waals surface area (Å²) in [5, 5.41) is 11.4. The van der Waals surface area contributed by atoms with Crippen molar-refractivity contribution in [3.8, 4) is 5.75 Å². The Morgan fingerprint density at radius 1 is 0.929 bits per heavy atom. The highest BCUT2D eigenvalue weighted by Gasteiger charge is 2.48. The van der Waals surface area contributed by atoms with Crippen molar-refractivity contribution in [2.75, 3.05) is 0 Å². The van der Waals surface area contributed by atoms with E-state index >= 15 is 0 Å². The maximum Gasteiger partial charge on any atom is 0.269 e. The lowest BCUT2D eigenvalue weighted by molar-refractivity contribution is -0.313. The van der Waals surface area contributed by atoms with Crippen molar-refractivity contribution < 1.29 is 24.2 Å². The molecule has 0 saturated heterocycles. The van der Waals surface area contributed by atoms with Crippen molar-refractivity contribution in [2.24, 2.45) is 23.7 Å². The van der Waals surface area contributed by atoms with E-state index in [2.05, 4.69) is 10.9 Å². The van der Waals surface area contributed by atoms with Gasteiger partial charge < -0.3 is 14.6 Å². The maximum absolute atomic E-state index is 12.5. The molecular formula is C21H23N2O5-. The molecule has 4 atom stereocenters. The Balaban J connectivity index is 1.32. The lowest BCUT2D eigenvalue weighted by Crippen LogP contribution is -2.50. The number of allylic oxidation sites excluding steroid dienone is 2. The van der Waals surface area contributed by atoms with Crippen molar-refractivity contribution in [1.82, 2.24) is 10.9 Å². The predicted octanol–water partition coefficient (Wildman–Crippen LogP) is 0.957. The zero-order valence-corrected chi connectivity index (χ0v) is 15.4. The highest BCUT2D eigenvalue weighted by molar-refractivity contribution is 5.96. The number of carbonyl (C=O) groups is 3. The van der Waals surface area contributed by atoms with Crippen LogP contribution in [0.25, 0.3) is 0 Å². The average Bonchev–Trinajstić information content (AvgIpc) is 3.43. The molecule has 2 N–H and O–H groups in total. The minimum atomic E-state index is -1.22. The summed E-state index contributed by atoms with van der Waals surface area (Å²) in [4.78, 5) is 36.1. The lowest BCUT2D eigenvalue weighted by atomic mass is 9.82. The van der Waals surface area contributed by atoms with Gasteiger partial charge in [-0.2, -0.15) is 0 Å². The van der Waals surface area contributed by atoms with E-state index in [4.69, 9.17) is 4.74 Å². The zero-order valence-electron chi connectivity index (χ0n) is 15.4. The van der Waals surface area contributed by atoms with Gasteiger partial charge in [0.05, 0.1) is 12.0 Å². The SMILES string of the molecule is O=C(NNC(=O)[C@H]1[C@@H](C(=O)[O-])[C@H]2C=C[C@@H]1C2)c1ccc(OC2CCCC2)cc1. The zero-order chi connectivity index (χ0) is 19.7. The van der Waals surface area contributed by atoms with Gasteiger partial charge in [0.25, 0.3) is 5.91 Å². The quantitative estimate of drug-likeness (QED) is 0.582. The third kappa shape index (κ3) is 3.61. The van der Waals surface area contributed by atoms with Crippen LogP contribution in [0.2, 0.25) is 0 Å². The van der Waals surface area contributed by atoms with E-state index in [9.17, 15) is 19.5 Å². The average molecular weight is 383 g/mol. The molecule has 3 aliphatic rings. The molecule has 148 valence electrons. The van der Waals surface area contributed by atoms with Crippen molar-refractivity contribution in [2.45, 2.75) is 38.2 Å². The molecule has 0 unspecified atom stereocenters. The minimum absolute atomic E-state index is 0.128. The molecule has 0 radical (unpaired) electrons. The molecule has 2 fully saturated rings. The summed E-state index contributed by atoms with van der Waals surface area (Å²) in [5.74, 6) is -3.34. The summed E-state index contributed by atoms with van der Waals surface area (Å²) in [6.07, 6.45) is 9.06. The Bertz CT molecular complexity index is 798. The maximum atomic E-state index is 12.5. The van der Waals surface area contributed by atoms with Crippen LogP contribution in [0, 0.1) is 23.7 Å². The first-order valence-electron chi connectivity index (χ1n) is 9.79. The summed E-state index contributed by atoms with van der Waals surface area (Å²) in [6, 6.07) is 6.75. The second kappa shape index (κ2) is 7.66.